The van der Waals surface area contributed by atoms with Crippen LogP contribution in [-0.2, 0) is 14.4 Å². The number of hydrazine groups is 1. The summed E-state index contributed by atoms with van der Waals surface area (Å²) in [7, 11) is 0. The third kappa shape index (κ3) is 1.97. The minimum atomic E-state index is -1.09. The SMILES string of the molecule is N[C@H]1CCC(=O)N2CCC[C@@H](C(=O)O)N2C1=O. The highest BCUT2D eigenvalue weighted by Crippen LogP contribution is 2.24. The van der Waals surface area contributed by atoms with Crippen molar-refractivity contribution >= 4 is 17.8 Å². The molecule has 2 rings (SSSR count). The number of carbonyl (C=O) groups excluding carboxylic acids is 2. The van der Waals surface area contributed by atoms with Crippen LogP contribution >= 0.6 is 0 Å². The zero-order chi connectivity index (χ0) is 12.6. The van der Waals surface area contributed by atoms with Crippen molar-refractivity contribution in [1.29, 1.82) is 0 Å². The monoisotopic (exact) mass is 241 g/mol. The molecule has 2 aliphatic rings. The molecule has 2 aliphatic heterocycles. The van der Waals surface area contributed by atoms with Gasteiger partial charge in [0, 0.05) is 13.0 Å². The summed E-state index contributed by atoms with van der Waals surface area (Å²) in [5.41, 5.74) is 5.65. The molecule has 7 heteroatoms. The number of carboxylic acids is 1. The Labute approximate surface area is 98.1 Å². The fourth-order valence-corrected chi connectivity index (χ4v) is 2.28. The van der Waals surface area contributed by atoms with E-state index in [1.807, 2.05) is 0 Å². The predicted octanol–water partition coefficient (Wildman–Crippen LogP) is -1.07. The zero-order valence-corrected chi connectivity index (χ0v) is 9.33. The molecule has 17 heavy (non-hydrogen) atoms. The van der Waals surface area contributed by atoms with Crippen molar-refractivity contribution in [1.82, 2.24) is 10.0 Å². The van der Waals surface area contributed by atoms with E-state index >= 15 is 0 Å². The molecule has 3 N–H and O–H groups in total. The third-order valence-electron chi connectivity index (χ3n) is 3.19. The minimum Gasteiger partial charge on any atom is -0.480 e. The second kappa shape index (κ2) is 4.33. The van der Waals surface area contributed by atoms with E-state index in [1.165, 1.54) is 5.01 Å². The van der Waals surface area contributed by atoms with Gasteiger partial charge in [0.15, 0.2) is 6.04 Å². The Balaban J connectivity index is 2.34. The highest BCUT2D eigenvalue weighted by atomic mass is 16.4. The number of nitrogens with zero attached hydrogens (tertiary/aromatic N) is 2. The van der Waals surface area contributed by atoms with Crippen LogP contribution in [0.3, 0.4) is 0 Å². The first kappa shape index (κ1) is 11.8. The average molecular weight is 241 g/mol. The topological polar surface area (TPSA) is 104 Å². The lowest BCUT2D eigenvalue weighted by atomic mass is 10.1. The molecular formula is C10H15N3O4. The minimum absolute atomic E-state index is 0.190. The van der Waals surface area contributed by atoms with Crippen LogP contribution in [0.5, 0.6) is 0 Å². The van der Waals surface area contributed by atoms with E-state index in [9.17, 15) is 14.4 Å². The van der Waals surface area contributed by atoms with E-state index in [-0.39, 0.29) is 18.7 Å². The maximum atomic E-state index is 12.0. The average Bonchev–Trinajstić information content (AvgIpc) is 2.42. The van der Waals surface area contributed by atoms with E-state index in [0.717, 1.165) is 5.01 Å². The van der Waals surface area contributed by atoms with Crippen molar-refractivity contribution in [2.45, 2.75) is 37.8 Å². The molecule has 2 saturated heterocycles. The lowest BCUT2D eigenvalue weighted by molar-refractivity contribution is -0.180. The van der Waals surface area contributed by atoms with Gasteiger partial charge in [-0.05, 0) is 19.3 Å². The van der Waals surface area contributed by atoms with Gasteiger partial charge in [0.25, 0.3) is 5.91 Å². The Bertz CT molecular complexity index is 371. The van der Waals surface area contributed by atoms with E-state index in [2.05, 4.69) is 0 Å². The Morgan fingerprint density at radius 1 is 1.35 bits per heavy atom. The van der Waals surface area contributed by atoms with Crippen LogP contribution < -0.4 is 5.73 Å². The van der Waals surface area contributed by atoms with Crippen molar-refractivity contribution in [3.63, 3.8) is 0 Å². The number of rotatable bonds is 1. The number of amides is 2. The molecule has 0 saturated carbocycles. The number of aliphatic carboxylic acids is 1. The van der Waals surface area contributed by atoms with Gasteiger partial charge < -0.3 is 10.8 Å². The van der Waals surface area contributed by atoms with Crippen LogP contribution in [0.1, 0.15) is 25.7 Å². The summed E-state index contributed by atoms with van der Waals surface area (Å²) >= 11 is 0. The molecule has 7 nitrogen and oxygen atoms in total. The van der Waals surface area contributed by atoms with Gasteiger partial charge in [0.05, 0.1) is 6.04 Å². The van der Waals surface area contributed by atoms with Crippen LogP contribution in [-0.4, -0.2) is 51.5 Å². The lowest BCUT2D eigenvalue weighted by Gasteiger charge is -2.41. The van der Waals surface area contributed by atoms with Gasteiger partial charge >= 0.3 is 5.97 Å². The number of hydrogen-bond acceptors (Lipinski definition) is 4. The summed E-state index contributed by atoms with van der Waals surface area (Å²) in [6.45, 7) is 0.390. The highest BCUT2D eigenvalue weighted by Gasteiger charge is 2.43. The molecular weight excluding hydrogens is 226 g/mol. The number of carboxylic acid groups (broad SMARTS) is 1. The van der Waals surface area contributed by atoms with E-state index in [4.69, 9.17) is 10.8 Å². The maximum Gasteiger partial charge on any atom is 0.328 e. The van der Waals surface area contributed by atoms with E-state index < -0.39 is 24.0 Å². The standard InChI is InChI=1S/C10H15N3O4/c11-6-3-4-8(14)12-5-1-2-7(10(16)17)13(12)9(6)15/h6-7H,1-5,11H2,(H,16,17)/t6-,7-/m0/s1. The van der Waals surface area contributed by atoms with Crippen molar-refractivity contribution in [2.24, 2.45) is 5.73 Å². The molecule has 2 atom stereocenters. The Kier molecular flexibility index (Phi) is 3.01. The molecule has 0 unspecified atom stereocenters. The van der Waals surface area contributed by atoms with Gasteiger partial charge in [0.2, 0.25) is 5.91 Å². The Morgan fingerprint density at radius 2 is 2.06 bits per heavy atom. The quantitative estimate of drug-likeness (QED) is 0.608. The predicted molar refractivity (Wildman–Crippen MR) is 56.4 cm³/mol. The number of hydrogen-bond donors (Lipinski definition) is 2. The normalized spacial score (nSPS) is 29.9. The van der Waals surface area contributed by atoms with Crippen LogP contribution in [0, 0.1) is 0 Å². The summed E-state index contributed by atoms with van der Waals surface area (Å²) < 4.78 is 0. The van der Waals surface area contributed by atoms with Crippen molar-refractivity contribution in [2.75, 3.05) is 6.54 Å². The number of nitrogens with two attached hydrogens (primary N) is 1. The summed E-state index contributed by atoms with van der Waals surface area (Å²) in [4.78, 5) is 34.9. The molecule has 0 aliphatic carbocycles. The van der Waals surface area contributed by atoms with Crippen molar-refractivity contribution in [3.8, 4) is 0 Å². The third-order valence-corrected chi connectivity index (χ3v) is 3.19. The molecule has 0 bridgehead atoms. The summed E-state index contributed by atoms with van der Waals surface area (Å²) in [6, 6.07) is -1.76. The zero-order valence-electron chi connectivity index (χ0n) is 9.33. The van der Waals surface area contributed by atoms with Gasteiger partial charge in [-0.25, -0.2) is 9.80 Å². The molecule has 2 fully saturated rings. The summed E-state index contributed by atoms with van der Waals surface area (Å²) in [5.74, 6) is -1.79. The fourth-order valence-electron chi connectivity index (χ4n) is 2.28. The van der Waals surface area contributed by atoms with Crippen LogP contribution in [0.4, 0.5) is 0 Å². The Morgan fingerprint density at radius 3 is 2.71 bits per heavy atom. The number of carbonyl (C=O) groups is 3. The van der Waals surface area contributed by atoms with Crippen molar-refractivity contribution in [3.05, 3.63) is 0 Å². The molecule has 0 aromatic rings. The summed E-state index contributed by atoms with van der Waals surface area (Å²) in [6.07, 6.45) is 1.41. The van der Waals surface area contributed by atoms with E-state index in [0.29, 0.717) is 19.4 Å². The van der Waals surface area contributed by atoms with Crippen LogP contribution in [0.25, 0.3) is 0 Å². The first-order valence-electron chi connectivity index (χ1n) is 5.64. The number of fused-ring (bicyclic) bond motifs is 1. The summed E-state index contributed by atoms with van der Waals surface area (Å²) in [5, 5.41) is 11.4. The van der Waals surface area contributed by atoms with Gasteiger partial charge in [0.1, 0.15) is 0 Å². The molecule has 0 aromatic heterocycles. The maximum absolute atomic E-state index is 12.0. The largest absolute Gasteiger partial charge is 0.480 e. The van der Waals surface area contributed by atoms with Gasteiger partial charge in [-0.15, -0.1) is 0 Å². The van der Waals surface area contributed by atoms with E-state index in [1.54, 1.807) is 0 Å². The fraction of sp³-hybridized carbons (Fsp3) is 0.700. The molecule has 0 spiro atoms. The first-order valence-corrected chi connectivity index (χ1v) is 5.64. The molecule has 2 amide bonds. The second-order valence-corrected chi connectivity index (χ2v) is 4.34. The molecule has 0 radical (unpaired) electrons. The van der Waals surface area contributed by atoms with Crippen LogP contribution in [0.2, 0.25) is 0 Å². The highest BCUT2D eigenvalue weighted by molar-refractivity contribution is 5.91. The van der Waals surface area contributed by atoms with Crippen LogP contribution in [0.15, 0.2) is 0 Å². The lowest BCUT2D eigenvalue weighted by Crippen LogP contribution is -2.61. The second-order valence-electron chi connectivity index (χ2n) is 4.34. The molecule has 94 valence electrons. The Hall–Kier alpha value is -1.63. The first-order chi connectivity index (χ1) is 8.02. The van der Waals surface area contributed by atoms with Gasteiger partial charge in [-0.1, -0.05) is 0 Å². The van der Waals surface area contributed by atoms with Gasteiger partial charge in [-0.3, -0.25) is 14.6 Å². The smallest absolute Gasteiger partial charge is 0.328 e. The van der Waals surface area contributed by atoms with Crippen molar-refractivity contribution < 1.29 is 19.5 Å². The molecule has 0 aromatic carbocycles. The van der Waals surface area contributed by atoms with Gasteiger partial charge in [-0.2, -0.15) is 0 Å². The molecule has 2 heterocycles.